The van der Waals surface area contributed by atoms with Crippen LogP contribution in [0.2, 0.25) is 0 Å². The molecule has 1 atom stereocenters. The lowest BCUT2D eigenvalue weighted by Crippen LogP contribution is -2.48. The highest BCUT2D eigenvalue weighted by Gasteiger charge is 2.24. The lowest BCUT2D eigenvalue weighted by molar-refractivity contribution is -0.123. The molecule has 10 heteroatoms. The maximum absolute atomic E-state index is 12.1. The van der Waals surface area contributed by atoms with Crippen LogP contribution in [-0.2, 0) is 9.36 Å². The Labute approximate surface area is 148 Å². The number of nitrogens with one attached hydrogen (secondary N) is 3. The Bertz CT molecular complexity index is 617. The van der Waals surface area contributed by atoms with Crippen molar-refractivity contribution < 1.29 is 23.9 Å². The molecule has 0 aliphatic carbocycles. The van der Waals surface area contributed by atoms with Gasteiger partial charge in [-0.15, -0.1) is 0 Å². The van der Waals surface area contributed by atoms with E-state index in [0.717, 1.165) is 4.47 Å². The molecule has 0 aromatic heterocycles. The topological polar surface area (TPSA) is 128 Å². The van der Waals surface area contributed by atoms with E-state index < -0.39 is 31.9 Å². The van der Waals surface area contributed by atoms with Crippen LogP contribution in [0.25, 0.3) is 0 Å². The zero-order valence-corrected chi connectivity index (χ0v) is 15.8. The number of urea groups is 1. The minimum Gasteiger partial charge on any atom is -0.343 e. The van der Waals surface area contributed by atoms with Crippen LogP contribution in [0.1, 0.15) is 20.3 Å². The molecule has 1 rings (SSSR count). The first-order valence-electron chi connectivity index (χ1n) is 7.22. The highest BCUT2D eigenvalue weighted by atomic mass is 79.9. The van der Waals surface area contributed by atoms with E-state index in [1.807, 2.05) is 13.8 Å². The van der Waals surface area contributed by atoms with Gasteiger partial charge >= 0.3 is 13.6 Å². The Hall–Kier alpha value is -1.41. The van der Waals surface area contributed by atoms with Crippen LogP contribution in [0.3, 0.4) is 0 Å². The van der Waals surface area contributed by atoms with Gasteiger partial charge in [0.15, 0.2) is 0 Å². The highest BCUT2D eigenvalue weighted by molar-refractivity contribution is 9.10. The van der Waals surface area contributed by atoms with Crippen molar-refractivity contribution in [3.8, 4) is 0 Å². The Morgan fingerprint density at radius 3 is 2.29 bits per heavy atom. The van der Waals surface area contributed by atoms with E-state index in [1.54, 1.807) is 24.3 Å². The van der Waals surface area contributed by atoms with Crippen LogP contribution in [0, 0.1) is 5.92 Å². The summed E-state index contributed by atoms with van der Waals surface area (Å²) in [5, 5.41) is 7.27. The third-order valence-corrected chi connectivity index (χ3v) is 3.99. The van der Waals surface area contributed by atoms with Gasteiger partial charge in [0.05, 0.1) is 0 Å². The summed E-state index contributed by atoms with van der Waals surface area (Å²) in [4.78, 5) is 41.7. The number of hydrogen-bond acceptors (Lipinski definition) is 3. The Kier molecular flexibility index (Phi) is 7.89. The van der Waals surface area contributed by atoms with Crippen LogP contribution in [-0.4, -0.2) is 34.1 Å². The molecule has 0 heterocycles. The predicted octanol–water partition coefficient (Wildman–Crippen LogP) is 2.24. The molecule has 0 saturated heterocycles. The summed E-state index contributed by atoms with van der Waals surface area (Å²) in [5.74, 6) is -0.540. The SMILES string of the molecule is CC(C)CC(NC(=O)Nc1ccc(Br)cc1)C(=O)NCP(=O)(O)O. The monoisotopic (exact) mass is 421 g/mol. The third kappa shape index (κ3) is 8.44. The maximum Gasteiger partial charge on any atom is 0.344 e. The van der Waals surface area contributed by atoms with Gasteiger partial charge in [0.25, 0.3) is 0 Å². The van der Waals surface area contributed by atoms with E-state index in [2.05, 4.69) is 31.9 Å². The van der Waals surface area contributed by atoms with Gasteiger partial charge in [-0.3, -0.25) is 9.36 Å². The van der Waals surface area contributed by atoms with E-state index in [-0.39, 0.29) is 5.92 Å². The van der Waals surface area contributed by atoms with Crippen molar-refractivity contribution in [2.75, 3.05) is 11.6 Å². The van der Waals surface area contributed by atoms with Crippen LogP contribution in [0.4, 0.5) is 10.5 Å². The van der Waals surface area contributed by atoms with Crippen molar-refractivity contribution >= 4 is 41.2 Å². The average molecular weight is 422 g/mol. The van der Waals surface area contributed by atoms with E-state index in [0.29, 0.717) is 12.1 Å². The van der Waals surface area contributed by atoms with Crippen LogP contribution >= 0.6 is 23.5 Å². The summed E-state index contributed by atoms with van der Waals surface area (Å²) < 4.78 is 11.7. The molecule has 5 N–H and O–H groups in total. The summed E-state index contributed by atoms with van der Waals surface area (Å²) in [6, 6.07) is 5.42. The standard InChI is InChI=1S/C14H21BrN3O5P/c1-9(2)7-12(13(19)16-8-24(21,22)23)18-14(20)17-11-5-3-10(15)4-6-11/h3-6,9,12H,7-8H2,1-2H3,(H,16,19)(H2,17,18,20)(H2,21,22,23). The van der Waals surface area contributed by atoms with Crippen molar-refractivity contribution in [1.29, 1.82) is 0 Å². The maximum atomic E-state index is 12.1. The Balaban J connectivity index is 2.66. The van der Waals surface area contributed by atoms with Crippen LogP contribution in [0.15, 0.2) is 28.7 Å². The average Bonchev–Trinajstić information content (AvgIpc) is 2.45. The van der Waals surface area contributed by atoms with Crippen molar-refractivity contribution in [2.24, 2.45) is 5.92 Å². The molecule has 8 nitrogen and oxygen atoms in total. The summed E-state index contributed by atoms with van der Waals surface area (Å²) >= 11 is 3.29. The van der Waals surface area contributed by atoms with E-state index in [9.17, 15) is 14.2 Å². The molecule has 3 amide bonds. The van der Waals surface area contributed by atoms with Crippen molar-refractivity contribution in [3.63, 3.8) is 0 Å². The minimum atomic E-state index is -4.35. The Morgan fingerprint density at radius 1 is 1.21 bits per heavy atom. The lowest BCUT2D eigenvalue weighted by atomic mass is 10.0. The molecular formula is C14H21BrN3O5P. The minimum absolute atomic E-state index is 0.101. The van der Waals surface area contributed by atoms with Crippen LogP contribution in [0.5, 0.6) is 0 Å². The molecule has 24 heavy (non-hydrogen) atoms. The fraction of sp³-hybridized carbons (Fsp3) is 0.429. The lowest BCUT2D eigenvalue weighted by Gasteiger charge is -2.20. The smallest absolute Gasteiger partial charge is 0.343 e. The number of halogens is 1. The van der Waals surface area contributed by atoms with Crippen molar-refractivity contribution in [2.45, 2.75) is 26.3 Å². The Morgan fingerprint density at radius 2 is 1.79 bits per heavy atom. The van der Waals surface area contributed by atoms with E-state index >= 15 is 0 Å². The molecule has 0 saturated carbocycles. The first-order chi connectivity index (χ1) is 11.1. The molecule has 0 aliphatic heterocycles. The first kappa shape index (κ1) is 20.6. The number of carbonyl (C=O) groups is 2. The molecule has 0 bridgehead atoms. The number of anilines is 1. The van der Waals surface area contributed by atoms with Gasteiger partial charge in [-0.05, 0) is 36.6 Å². The zero-order chi connectivity index (χ0) is 18.3. The second-order valence-electron chi connectivity index (χ2n) is 5.65. The molecule has 0 aliphatic rings. The van der Waals surface area contributed by atoms with Gasteiger partial charge < -0.3 is 25.7 Å². The number of carbonyl (C=O) groups excluding carboxylic acids is 2. The molecule has 0 fully saturated rings. The summed E-state index contributed by atoms with van der Waals surface area (Å²) in [7, 11) is -4.35. The quantitative estimate of drug-likeness (QED) is 0.431. The molecule has 1 aromatic rings. The molecule has 1 unspecified atom stereocenters. The highest BCUT2D eigenvalue weighted by Crippen LogP contribution is 2.32. The van der Waals surface area contributed by atoms with Crippen molar-refractivity contribution in [3.05, 3.63) is 28.7 Å². The van der Waals surface area contributed by atoms with Crippen molar-refractivity contribution in [1.82, 2.24) is 10.6 Å². The molecular weight excluding hydrogens is 401 g/mol. The molecule has 134 valence electrons. The second kappa shape index (κ2) is 9.17. The predicted molar refractivity (Wildman–Crippen MR) is 94.6 cm³/mol. The summed E-state index contributed by atoms with van der Waals surface area (Å²) in [6.45, 7) is 3.75. The fourth-order valence-corrected chi connectivity index (χ4v) is 2.49. The van der Waals surface area contributed by atoms with E-state index in [1.165, 1.54) is 0 Å². The second-order valence-corrected chi connectivity index (χ2v) is 8.21. The van der Waals surface area contributed by atoms with Gasteiger partial charge in [0, 0.05) is 10.2 Å². The molecule has 0 spiro atoms. The van der Waals surface area contributed by atoms with Gasteiger partial charge in [0.2, 0.25) is 5.91 Å². The third-order valence-electron chi connectivity index (χ3n) is 2.89. The van der Waals surface area contributed by atoms with Crippen LogP contribution < -0.4 is 16.0 Å². The summed E-state index contributed by atoms with van der Waals surface area (Å²) in [6.07, 6.45) is -0.433. The van der Waals surface area contributed by atoms with Gasteiger partial charge in [-0.1, -0.05) is 29.8 Å². The first-order valence-corrected chi connectivity index (χ1v) is 9.81. The zero-order valence-electron chi connectivity index (χ0n) is 13.3. The fourth-order valence-electron chi connectivity index (χ4n) is 1.87. The van der Waals surface area contributed by atoms with Gasteiger partial charge in [-0.2, -0.15) is 0 Å². The number of hydrogen-bond donors (Lipinski definition) is 5. The normalized spacial score (nSPS) is 12.6. The number of rotatable bonds is 7. The number of amides is 3. The van der Waals surface area contributed by atoms with E-state index in [4.69, 9.17) is 9.79 Å². The molecule has 1 aromatic carbocycles. The summed E-state index contributed by atoms with van der Waals surface area (Å²) in [5.41, 5.74) is 0.551. The largest absolute Gasteiger partial charge is 0.344 e. The van der Waals surface area contributed by atoms with Gasteiger partial charge in [-0.25, -0.2) is 4.79 Å². The van der Waals surface area contributed by atoms with Gasteiger partial charge in [0.1, 0.15) is 12.3 Å². The number of benzene rings is 1. The molecule has 0 radical (unpaired) electrons.